The lowest BCUT2D eigenvalue weighted by atomic mass is 10.1. The lowest BCUT2D eigenvalue weighted by molar-refractivity contribution is 0.0923. The number of carbonyl (C=O) groups is 1. The Bertz CT molecular complexity index is 999. The van der Waals surface area contributed by atoms with Gasteiger partial charge in [0, 0.05) is 6.07 Å². The van der Waals surface area contributed by atoms with Crippen molar-refractivity contribution in [1.29, 1.82) is 0 Å². The number of amides is 1. The molecular weight excluding hydrogens is 327 g/mol. The Morgan fingerprint density at radius 3 is 2.84 bits per heavy atom. The van der Waals surface area contributed by atoms with Crippen LogP contribution in [0.3, 0.4) is 0 Å². The van der Waals surface area contributed by atoms with Gasteiger partial charge in [-0.15, -0.1) is 0 Å². The van der Waals surface area contributed by atoms with Gasteiger partial charge in [-0.2, -0.15) is 0 Å². The fraction of sp³-hybridized carbons (Fsp3) is 0.250. The minimum absolute atomic E-state index is 0.170. The van der Waals surface area contributed by atoms with Gasteiger partial charge in [0.25, 0.3) is 11.5 Å². The van der Waals surface area contributed by atoms with Crippen LogP contribution in [-0.4, -0.2) is 20.4 Å². The van der Waals surface area contributed by atoms with Gasteiger partial charge in [0.05, 0.1) is 0 Å². The molecule has 0 aromatic carbocycles. The average Bonchev–Trinajstić information content (AvgIpc) is 3.06. The number of aromatic nitrogens is 3. The van der Waals surface area contributed by atoms with Crippen molar-refractivity contribution < 1.29 is 9.18 Å². The molecule has 4 N–H and O–H groups in total. The normalized spacial score (nSPS) is 21.2. The van der Waals surface area contributed by atoms with Gasteiger partial charge in [0.15, 0.2) is 5.66 Å². The van der Waals surface area contributed by atoms with Gasteiger partial charge in [0.1, 0.15) is 35.2 Å². The first-order chi connectivity index (χ1) is 11.9. The van der Waals surface area contributed by atoms with Crippen molar-refractivity contribution in [3.8, 4) is 0 Å². The summed E-state index contributed by atoms with van der Waals surface area (Å²) in [6, 6.07) is 3.02. The Balaban J connectivity index is 1.89. The predicted molar refractivity (Wildman–Crippen MR) is 89.0 cm³/mol. The standard InChI is InChI=1S/C16H15FN6O2/c1-8-5-9(21-12-6-11(18)19-7-20-12)15(25)23-13(8)14(24)22-16(23)4-2-3-10(16)17/h3,5-7H,2,4H2,1H3,(H,22,24)(H3,18,19,20,21). The molecule has 2 aromatic heterocycles. The highest BCUT2D eigenvalue weighted by atomic mass is 19.1. The van der Waals surface area contributed by atoms with E-state index in [1.54, 1.807) is 13.0 Å². The number of nitrogens with one attached hydrogen (secondary N) is 2. The topological polar surface area (TPSA) is 115 Å². The van der Waals surface area contributed by atoms with E-state index in [0.29, 0.717) is 24.2 Å². The van der Waals surface area contributed by atoms with E-state index in [4.69, 9.17) is 5.73 Å². The first kappa shape index (κ1) is 15.3. The zero-order chi connectivity index (χ0) is 17.8. The molecule has 9 heteroatoms. The highest BCUT2D eigenvalue weighted by Gasteiger charge is 2.49. The van der Waals surface area contributed by atoms with Crippen LogP contribution in [0, 0.1) is 6.92 Å². The largest absolute Gasteiger partial charge is 0.384 e. The van der Waals surface area contributed by atoms with E-state index in [0.717, 1.165) is 0 Å². The first-order valence-electron chi connectivity index (χ1n) is 7.73. The van der Waals surface area contributed by atoms with Crippen molar-refractivity contribution in [3.05, 3.63) is 52.0 Å². The van der Waals surface area contributed by atoms with Crippen molar-refractivity contribution in [2.45, 2.75) is 25.4 Å². The lowest BCUT2D eigenvalue weighted by Crippen LogP contribution is -2.46. The van der Waals surface area contributed by atoms with Crippen LogP contribution in [0.25, 0.3) is 0 Å². The van der Waals surface area contributed by atoms with Crippen molar-refractivity contribution >= 4 is 23.2 Å². The molecule has 2 aliphatic rings. The molecule has 0 radical (unpaired) electrons. The molecule has 128 valence electrons. The van der Waals surface area contributed by atoms with E-state index < -0.39 is 23.0 Å². The van der Waals surface area contributed by atoms with Gasteiger partial charge in [0.2, 0.25) is 0 Å². The third-order valence-electron chi connectivity index (χ3n) is 4.48. The second-order valence-electron chi connectivity index (χ2n) is 6.09. The zero-order valence-electron chi connectivity index (χ0n) is 13.3. The molecule has 8 nitrogen and oxygen atoms in total. The van der Waals surface area contributed by atoms with Gasteiger partial charge in [-0.25, -0.2) is 14.4 Å². The van der Waals surface area contributed by atoms with Crippen LogP contribution in [0.15, 0.2) is 35.2 Å². The van der Waals surface area contributed by atoms with E-state index in [9.17, 15) is 14.0 Å². The van der Waals surface area contributed by atoms with Gasteiger partial charge < -0.3 is 16.4 Å². The zero-order valence-corrected chi connectivity index (χ0v) is 13.3. The molecule has 1 amide bonds. The summed E-state index contributed by atoms with van der Waals surface area (Å²) in [6.07, 6.45) is 3.39. The summed E-state index contributed by atoms with van der Waals surface area (Å²) in [7, 11) is 0. The number of hydrogen-bond acceptors (Lipinski definition) is 6. The summed E-state index contributed by atoms with van der Waals surface area (Å²) in [5.74, 6) is -0.408. The minimum atomic E-state index is -1.43. The summed E-state index contributed by atoms with van der Waals surface area (Å²) in [6.45, 7) is 1.69. The molecule has 1 aliphatic carbocycles. The molecule has 0 fully saturated rings. The molecule has 1 spiro atoms. The molecule has 1 unspecified atom stereocenters. The number of halogens is 1. The molecule has 0 saturated heterocycles. The number of aryl methyl sites for hydroxylation is 1. The molecule has 0 saturated carbocycles. The number of rotatable bonds is 2. The van der Waals surface area contributed by atoms with Crippen LogP contribution in [0.4, 0.5) is 21.7 Å². The molecule has 2 aromatic rings. The van der Waals surface area contributed by atoms with Crippen molar-refractivity contribution in [2.24, 2.45) is 0 Å². The van der Waals surface area contributed by atoms with Crippen LogP contribution >= 0.6 is 0 Å². The van der Waals surface area contributed by atoms with E-state index in [2.05, 4.69) is 20.6 Å². The number of nitrogens with two attached hydrogens (primary N) is 1. The van der Waals surface area contributed by atoms with Crippen molar-refractivity contribution in [1.82, 2.24) is 19.9 Å². The second kappa shape index (κ2) is 5.13. The fourth-order valence-corrected chi connectivity index (χ4v) is 3.40. The summed E-state index contributed by atoms with van der Waals surface area (Å²) in [5.41, 5.74) is 4.57. The third kappa shape index (κ3) is 2.12. The number of fused-ring (bicyclic) bond motifs is 2. The lowest BCUT2D eigenvalue weighted by Gasteiger charge is -2.26. The summed E-state index contributed by atoms with van der Waals surface area (Å²) in [4.78, 5) is 33.1. The average molecular weight is 342 g/mol. The Morgan fingerprint density at radius 2 is 2.16 bits per heavy atom. The maximum atomic E-state index is 14.5. The molecule has 4 rings (SSSR count). The number of nitrogen functional groups attached to an aromatic ring is 1. The van der Waals surface area contributed by atoms with Crippen LogP contribution in [0.1, 0.15) is 28.9 Å². The molecule has 1 aliphatic heterocycles. The maximum absolute atomic E-state index is 14.5. The second-order valence-corrected chi connectivity index (χ2v) is 6.09. The van der Waals surface area contributed by atoms with Gasteiger partial charge in [-0.05, 0) is 37.5 Å². The Hall–Kier alpha value is -3.23. The predicted octanol–water partition coefficient (Wildman–Crippen LogP) is 1.32. The summed E-state index contributed by atoms with van der Waals surface area (Å²) in [5, 5.41) is 5.51. The van der Waals surface area contributed by atoms with Crippen LogP contribution in [0.2, 0.25) is 0 Å². The van der Waals surface area contributed by atoms with Crippen LogP contribution < -0.4 is 21.9 Å². The molecule has 25 heavy (non-hydrogen) atoms. The maximum Gasteiger partial charge on any atom is 0.277 e. The molecule has 1 atom stereocenters. The Kier molecular flexibility index (Phi) is 3.14. The number of anilines is 3. The van der Waals surface area contributed by atoms with Crippen molar-refractivity contribution in [3.63, 3.8) is 0 Å². The SMILES string of the molecule is Cc1cc(Nc2cc(N)ncn2)c(=O)n2c1C(=O)NC21CCC=C1F. The van der Waals surface area contributed by atoms with E-state index >= 15 is 0 Å². The van der Waals surface area contributed by atoms with Crippen LogP contribution in [0.5, 0.6) is 0 Å². The Morgan fingerprint density at radius 1 is 1.36 bits per heavy atom. The summed E-state index contributed by atoms with van der Waals surface area (Å²) < 4.78 is 15.7. The number of nitrogens with zero attached hydrogens (tertiary/aromatic N) is 3. The number of pyridine rings is 1. The summed E-state index contributed by atoms with van der Waals surface area (Å²) >= 11 is 0. The monoisotopic (exact) mass is 342 g/mol. The number of carbonyl (C=O) groups excluding carboxylic acids is 1. The van der Waals surface area contributed by atoms with Crippen molar-refractivity contribution in [2.75, 3.05) is 11.1 Å². The third-order valence-corrected chi connectivity index (χ3v) is 4.48. The minimum Gasteiger partial charge on any atom is -0.384 e. The van der Waals surface area contributed by atoms with E-state index in [-0.39, 0.29) is 17.2 Å². The number of hydrogen-bond donors (Lipinski definition) is 3. The van der Waals surface area contributed by atoms with Gasteiger partial charge >= 0.3 is 0 Å². The van der Waals surface area contributed by atoms with Crippen LogP contribution in [-0.2, 0) is 5.66 Å². The molecule has 0 bridgehead atoms. The molecular formula is C16H15FN6O2. The van der Waals surface area contributed by atoms with E-state index in [1.165, 1.54) is 23.0 Å². The first-order valence-corrected chi connectivity index (χ1v) is 7.73. The molecule has 3 heterocycles. The highest BCUT2D eigenvalue weighted by Crippen LogP contribution is 2.40. The fourth-order valence-electron chi connectivity index (χ4n) is 3.40. The van der Waals surface area contributed by atoms with Gasteiger partial charge in [-0.3, -0.25) is 14.2 Å². The quantitative estimate of drug-likeness (QED) is 0.758. The van der Waals surface area contributed by atoms with E-state index in [1.807, 2.05) is 0 Å². The smallest absolute Gasteiger partial charge is 0.277 e. The Labute approximate surface area is 141 Å². The number of allylic oxidation sites excluding steroid dienone is 1. The highest BCUT2D eigenvalue weighted by molar-refractivity contribution is 5.97. The van der Waals surface area contributed by atoms with Gasteiger partial charge in [-0.1, -0.05) is 0 Å².